The van der Waals surface area contributed by atoms with Crippen LogP contribution in [0, 0.1) is 0 Å². The van der Waals surface area contributed by atoms with Crippen molar-refractivity contribution >= 4 is 0 Å². The van der Waals surface area contributed by atoms with E-state index in [-0.39, 0.29) is 6.10 Å². The molecule has 0 spiro atoms. The lowest BCUT2D eigenvalue weighted by Crippen LogP contribution is -2.29. The van der Waals surface area contributed by atoms with Gasteiger partial charge in [-0.05, 0) is 37.4 Å². The van der Waals surface area contributed by atoms with Gasteiger partial charge >= 0.3 is 0 Å². The third-order valence-electron chi connectivity index (χ3n) is 3.45. The molecule has 1 heterocycles. The van der Waals surface area contributed by atoms with Gasteiger partial charge in [-0.15, -0.1) is 6.58 Å². The summed E-state index contributed by atoms with van der Waals surface area (Å²) in [5.41, 5.74) is 2.81. The summed E-state index contributed by atoms with van der Waals surface area (Å²) in [5.74, 6) is 0. The predicted molar refractivity (Wildman–Crippen MR) is 71.1 cm³/mol. The van der Waals surface area contributed by atoms with Crippen LogP contribution in [0.15, 0.2) is 36.9 Å². The maximum atomic E-state index is 5.91. The Morgan fingerprint density at radius 2 is 2.35 bits per heavy atom. The minimum atomic E-state index is 0.234. The second-order valence-electron chi connectivity index (χ2n) is 4.55. The average Bonchev–Trinajstić information content (AvgIpc) is 2.38. The lowest BCUT2D eigenvalue weighted by atomic mass is 9.93. The van der Waals surface area contributed by atoms with Gasteiger partial charge in [0.1, 0.15) is 0 Å². The van der Waals surface area contributed by atoms with Gasteiger partial charge in [-0.25, -0.2) is 0 Å². The molecule has 2 nitrogen and oxygen atoms in total. The molecule has 0 radical (unpaired) electrons. The zero-order chi connectivity index (χ0) is 12.1. The molecule has 1 N–H and O–H groups in total. The van der Waals surface area contributed by atoms with Crippen molar-refractivity contribution in [2.75, 3.05) is 13.7 Å². The Hall–Kier alpha value is -1.12. The molecule has 2 rings (SSSR count). The SMILES string of the molecule is C=CCC(CC1OCCc2ccccc21)NC. The van der Waals surface area contributed by atoms with E-state index in [0.29, 0.717) is 6.04 Å². The maximum absolute atomic E-state index is 5.91. The highest BCUT2D eigenvalue weighted by atomic mass is 16.5. The third-order valence-corrected chi connectivity index (χ3v) is 3.45. The Labute approximate surface area is 104 Å². The molecule has 0 saturated heterocycles. The van der Waals surface area contributed by atoms with Gasteiger partial charge in [0.15, 0.2) is 0 Å². The van der Waals surface area contributed by atoms with E-state index in [9.17, 15) is 0 Å². The standard InChI is InChI=1S/C15H21NO/c1-3-6-13(16-2)11-15-14-8-5-4-7-12(14)9-10-17-15/h3-5,7-8,13,15-16H,1,6,9-11H2,2H3. The molecular weight excluding hydrogens is 210 g/mol. The van der Waals surface area contributed by atoms with Crippen molar-refractivity contribution in [2.45, 2.75) is 31.4 Å². The fourth-order valence-electron chi connectivity index (χ4n) is 2.46. The Bertz CT molecular complexity index is 375. The lowest BCUT2D eigenvalue weighted by molar-refractivity contribution is 0.0302. The molecule has 0 fully saturated rings. The quantitative estimate of drug-likeness (QED) is 0.787. The molecule has 17 heavy (non-hydrogen) atoms. The van der Waals surface area contributed by atoms with Gasteiger partial charge in [0.2, 0.25) is 0 Å². The van der Waals surface area contributed by atoms with Crippen molar-refractivity contribution in [1.82, 2.24) is 5.32 Å². The molecule has 92 valence electrons. The summed E-state index contributed by atoms with van der Waals surface area (Å²) in [5, 5.41) is 3.33. The highest BCUT2D eigenvalue weighted by molar-refractivity contribution is 5.31. The van der Waals surface area contributed by atoms with Crippen LogP contribution in [0.5, 0.6) is 0 Å². The van der Waals surface area contributed by atoms with Crippen LogP contribution < -0.4 is 5.32 Å². The first-order chi connectivity index (χ1) is 8.35. The average molecular weight is 231 g/mol. The molecular formula is C15H21NO. The topological polar surface area (TPSA) is 21.3 Å². The Balaban J connectivity index is 2.09. The zero-order valence-corrected chi connectivity index (χ0v) is 10.5. The fraction of sp³-hybridized carbons (Fsp3) is 0.467. The van der Waals surface area contributed by atoms with E-state index in [1.807, 2.05) is 13.1 Å². The highest BCUT2D eigenvalue weighted by Crippen LogP contribution is 2.30. The molecule has 1 aliphatic rings. The van der Waals surface area contributed by atoms with Gasteiger partial charge in [0, 0.05) is 6.04 Å². The first-order valence-electron chi connectivity index (χ1n) is 6.32. The van der Waals surface area contributed by atoms with Crippen molar-refractivity contribution in [3.05, 3.63) is 48.0 Å². The second-order valence-corrected chi connectivity index (χ2v) is 4.55. The minimum absolute atomic E-state index is 0.234. The summed E-state index contributed by atoms with van der Waals surface area (Å²) in [7, 11) is 2.00. The largest absolute Gasteiger partial charge is 0.373 e. The summed E-state index contributed by atoms with van der Waals surface area (Å²) < 4.78 is 5.91. The van der Waals surface area contributed by atoms with Crippen molar-refractivity contribution in [3.63, 3.8) is 0 Å². The van der Waals surface area contributed by atoms with Crippen LogP contribution in [-0.4, -0.2) is 19.7 Å². The van der Waals surface area contributed by atoms with Crippen LogP contribution in [0.25, 0.3) is 0 Å². The zero-order valence-electron chi connectivity index (χ0n) is 10.5. The van der Waals surface area contributed by atoms with Crippen LogP contribution in [-0.2, 0) is 11.2 Å². The molecule has 0 saturated carbocycles. The number of fused-ring (bicyclic) bond motifs is 1. The minimum Gasteiger partial charge on any atom is -0.373 e. The maximum Gasteiger partial charge on any atom is 0.0842 e. The Kier molecular flexibility index (Phi) is 4.35. The normalized spacial score (nSPS) is 20.6. The molecule has 1 aliphatic heterocycles. The number of ether oxygens (including phenoxy) is 1. The third kappa shape index (κ3) is 2.96. The lowest BCUT2D eigenvalue weighted by Gasteiger charge is -2.29. The van der Waals surface area contributed by atoms with Gasteiger partial charge in [-0.1, -0.05) is 30.3 Å². The van der Waals surface area contributed by atoms with Crippen molar-refractivity contribution in [1.29, 1.82) is 0 Å². The monoisotopic (exact) mass is 231 g/mol. The molecule has 0 amide bonds. The summed E-state index contributed by atoms with van der Waals surface area (Å²) in [4.78, 5) is 0. The Morgan fingerprint density at radius 1 is 1.53 bits per heavy atom. The van der Waals surface area contributed by atoms with Crippen LogP contribution in [0.4, 0.5) is 0 Å². The summed E-state index contributed by atoms with van der Waals surface area (Å²) in [6.07, 6.45) is 5.24. The number of rotatable bonds is 5. The number of hydrogen-bond acceptors (Lipinski definition) is 2. The summed E-state index contributed by atoms with van der Waals surface area (Å²) in [6, 6.07) is 9.07. The van der Waals surface area contributed by atoms with E-state index in [2.05, 4.69) is 36.2 Å². The van der Waals surface area contributed by atoms with E-state index in [0.717, 1.165) is 25.9 Å². The van der Waals surface area contributed by atoms with Gasteiger partial charge < -0.3 is 10.1 Å². The summed E-state index contributed by atoms with van der Waals surface area (Å²) >= 11 is 0. The van der Waals surface area contributed by atoms with Gasteiger partial charge in [-0.2, -0.15) is 0 Å². The van der Waals surface area contributed by atoms with Crippen LogP contribution in [0.3, 0.4) is 0 Å². The van der Waals surface area contributed by atoms with Crippen LogP contribution in [0.1, 0.15) is 30.1 Å². The van der Waals surface area contributed by atoms with E-state index < -0.39 is 0 Å². The molecule has 1 aromatic rings. The van der Waals surface area contributed by atoms with E-state index in [4.69, 9.17) is 4.74 Å². The fourth-order valence-corrected chi connectivity index (χ4v) is 2.46. The van der Waals surface area contributed by atoms with Crippen molar-refractivity contribution < 1.29 is 4.74 Å². The number of benzene rings is 1. The number of nitrogens with one attached hydrogen (secondary N) is 1. The van der Waals surface area contributed by atoms with Crippen LogP contribution >= 0.6 is 0 Å². The predicted octanol–water partition coefficient (Wildman–Crippen LogP) is 2.85. The van der Waals surface area contributed by atoms with Crippen molar-refractivity contribution in [3.8, 4) is 0 Å². The van der Waals surface area contributed by atoms with Gasteiger partial charge in [0.05, 0.1) is 12.7 Å². The first kappa shape index (κ1) is 12.3. The molecule has 2 unspecified atom stereocenters. The molecule has 0 aromatic heterocycles. The highest BCUT2D eigenvalue weighted by Gasteiger charge is 2.22. The smallest absolute Gasteiger partial charge is 0.0842 e. The molecule has 2 heteroatoms. The first-order valence-corrected chi connectivity index (χ1v) is 6.32. The second kappa shape index (κ2) is 5.99. The summed E-state index contributed by atoms with van der Waals surface area (Å²) in [6.45, 7) is 4.64. The van der Waals surface area contributed by atoms with Gasteiger partial charge in [0.25, 0.3) is 0 Å². The van der Waals surface area contributed by atoms with Crippen molar-refractivity contribution in [2.24, 2.45) is 0 Å². The molecule has 0 bridgehead atoms. The molecule has 2 atom stereocenters. The van der Waals surface area contributed by atoms with E-state index in [1.54, 1.807) is 0 Å². The van der Waals surface area contributed by atoms with E-state index in [1.165, 1.54) is 11.1 Å². The number of hydrogen-bond donors (Lipinski definition) is 1. The Morgan fingerprint density at radius 3 is 3.12 bits per heavy atom. The van der Waals surface area contributed by atoms with E-state index >= 15 is 0 Å². The van der Waals surface area contributed by atoms with Gasteiger partial charge in [-0.3, -0.25) is 0 Å². The molecule has 1 aromatic carbocycles. The van der Waals surface area contributed by atoms with Crippen LogP contribution in [0.2, 0.25) is 0 Å². The molecule has 0 aliphatic carbocycles.